The first-order chi connectivity index (χ1) is 5.79. The molecule has 1 aromatic heterocycles. The van der Waals surface area contributed by atoms with Gasteiger partial charge in [-0.15, -0.1) is 10.2 Å². The van der Waals surface area contributed by atoms with Crippen molar-refractivity contribution in [3.05, 3.63) is 17.7 Å². The van der Waals surface area contributed by atoms with E-state index in [0.29, 0.717) is 0 Å². The molecule has 0 aliphatic carbocycles. The molecule has 0 fully saturated rings. The number of aromatic nitrogens is 3. The van der Waals surface area contributed by atoms with Gasteiger partial charge in [0.1, 0.15) is 5.82 Å². The molecule has 0 bridgehead atoms. The third kappa shape index (κ3) is 1.04. The maximum atomic E-state index is 4.10. The number of aryl methyl sites for hydroxylation is 1. The van der Waals surface area contributed by atoms with Crippen LogP contribution in [0.1, 0.15) is 11.6 Å². The number of nitrogens with zero attached hydrogens (tertiary/aromatic N) is 3. The minimum absolute atomic E-state index is 0.909. The van der Waals surface area contributed by atoms with E-state index in [9.17, 15) is 0 Å². The van der Waals surface area contributed by atoms with Gasteiger partial charge in [0, 0.05) is 25.7 Å². The summed E-state index contributed by atoms with van der Waals surface area (Å²) in [6, 6.07) is 0. The lowest BCUT2D eigenvalue weighted by Gasteiger charge is -2.00. The van der Waals surface area contributed by atoms with E-state index in [0.717, 1.165) is 24.7 Å². The summed E-state index contributed by atoms with van der Waals surface area (Å²) in [5.41, 5.74) is 1.25. The van der Waals surface area contributed by atoms with Gasteiger partial charge in [0.15, 0.2) is 5.82 Å². The fourth-order valence-electron chi connectivity index (χ4n) is 1.33. The van der Waals surface area contributed by atoms with Crippen molar-refractivity contribution < 1.29 is 0 Å². The monoisotopic (exact) mass is 164 g/mol. The van der Waals surface area contributed by atoms with Crippen LogP contribution in [0.25, 0.3) is 5.57 Å². The molecule has 64 valence electrons. The summed E-state index contributed by atoms with van der Waals surface area (Å²) >= 11 is 0. The van der Waals surface area contributed by atoms with E-state index in [1.54, 1.807) is 0 Å². The number of hydrogen-bond donors (Lipinski definition) is 1. The van der Waals surface area contributed by atoms with Gasteiger partial charge in [-0.25, -0.2) is 0 Å². The predicted octanol–water partition coefficient (Wildman–Crippen LogP) is 0.110. The van der Waals surface area contributed by atoms with Gasteiger partial charge in [-0.05, 0) is 6.92 Å². The Kier molecular flexibility index (Phi) is 1.69. The molecule has 4 nitrogen and oxygen atoms in total. The SMILES string of the molecule is Cc1nnc(C2=CCNC2)n1C. The highest BCUT2D eigenvalue weighted by atomic mass is 15.3. The third-order valence-electron chi connectivity index (χ3n) is 2.19. The van der Waals surface area contributed by atoms with Gasteiger partial charge in [-0.2, -0.15) is 0 Å². The fourth-order valence-corrected chi connectivity index (χ4v) is 1.33. The molecule has 0 unspecified atom stereocenters. The lowest BCUT2D eigenvalue weighted by Crippen LogP contribution is -2.09. The van der Waals surface area contributed by atoms with Gasteiger partial charge in [0.05, 0.1) is 0 Å². The average Bonchev–Trinajstić information content (AvgIpc) is 2.64. The first kappa shape index (κ1) is 7.49. The van der Waals surface area contributed by atoms with Crippen LogP contribution in [-0.4, -0.2) is 27.9 Å². The Morgan fingerprint density at radius 3 is 2.83 bits per heavy atom. The van der Waals surface area contributed by atoms with Crippen LogP contribution in [0.15, 0.2) is 6.08 Å². The van der Waals surface area contributed by atoms with E-state index in [1.165, 1.54) is 5.57 Å². The highest BCUT2D eigenvalue weighted by Gasteiger charge is 2.12. The molecular formula is C8H12N4. The van der Waals surface area contributed by atoms with Gasteiger partial charge in [0.2, 0.25) is 0 Å². The maximum Gasteiger partial charge on any atom is 0.160 e. The second kappa shape index (κ2) is 2.71. The van der Waals surface area contributed by atoms with Crippen molar-refractivity contribution in [2.45, 2.75) is 6.92 Å². The van der Waals surface area contributed by atoms with Crippen molar-refractivity contribution in [2.24, 2.45) is 7.05 Å². The second-order valence-electron chi connectivity index (χ2n) is 2.99. The van der Waals surface area contributed by atoms with Crippen molar-refractivity contribution >= 4 is 5.57 Å². The van der Waals surface area contributed by atoms with Gasteiger partial charge in [-0.3, -0.25) is 0 Å². The molecule has 0 radical (unpaired) electrons. The van der Waals surface area contributed by atoms with E-state index in [-0.39, 0.29) is 0 Å². The molecule has 0 atom stereocenters. The summed E-state index contributed by atoms with van der Waals surface area (Å²) in [6.45, 7) is 3.81. The van der Waals surface area contributed by atoms with E-state index in [2.05, 4.69) is 21.6 Å². The minimum Gasteiger partial charge on any atom is -0.315 e. The number of nitrogens with one attached hydrogen (secondary N) is 1. The normalized spacial score (nSPS) is 16.7. The molecule has 2 heterocycles. The first-order valence-corrected chi connectivity index (χ1v) is 4.05. The number of rotatable bonds is 1. The van der Waals surface area contributed by atoms with E-state index in [1.807, 2.05) is 18.5 Å². The smallest absolute Gasteiger partial charge is 0.160 e. The van der Waals surface area contributed by atoms with Gasteiger partial charge in [0.25, 0.3) is 0 Å². The zero-order valence-corrected chi connectivity index (χ0v) is 7.33. The van der Waals surface area contributed by atoms with Crippen LogP contribution >= 0.6 is 0 Å². The summed E-state index contributed by atoms with van der Waals surface area (Å²) in [6.07, 6.45) is 2.16. The highest BCUT2D eigenvalue weighted by Crippen LogP contribution is 2.13. The molecule has 1 N–H and O–H groups in total. The van der Waals surface area contributed by atoms with Crippen LogP contribution in [0.3, 0.4) is 0 Å². The van der Waals surface area contributed by atoms with Crippen LogP contribution in [0.4, 0.5) is 0 Å². The second-order valence-corrected chi connectivity index (χ2v) is 2.99. The molecule has 1 aromatic rings. The molecule has 1 aliphatic heterocycles. The average molecular weight is 164 g/mol. The Morgan fingerprint density at radius 1 is 1.50 bits per heavy atom. The summed E-state index contributed by atoms with van der Waals surface area (Å²) in [4.78, 5) is 0. The molecule has 0 spiro atoms. The minimum atomic E-state index is 0.909. The summed E-state index contributed by atoms with van der Waals surface area (Å²) in [5, 5.41) is 11.3. The zero-order chi connectivity index (χ0) is 8.55. The van der Waals surface area contributed by atoms with Gasteiger partial charge in [-0.1, -0.05) is 6.08 Å². The van der Waals surface area contributed by atoms with Crippen molar-refractivity contribution in [3.8, 4) is 0 Å². The lowest BCUT2D eigenvalue weighted by molar-refractivity contribution is 0.834. The van der Waals surface area contributed by atoms with Crippen LogP contribution in [-0.2, 0) is 7.05 Å². The lowest BCUT2D eigenvalue weighted by atomic mass is 10.3. The Hall–Kier alpha value is -1.16. The summed E-state index contributed by atoms with van der Waals surface area (Å²) < 4.78 is 2.01. The van der Waals surface area contributed by atoms with Crippen molar-refractivity contribution in [1.29, 1.82) is 0 Å². The first-order valence-electron chi connectivity index (χ1n) is 4.05. The molecule has 4 heteroatoms. The highest BCUT2D eigenvalue weighted by molar-refractivity contribution is 5.63. The molecule has 0 amide bonds. The van der Waals surface area contributed by atoms with Crippen molar-refractivity contribution in [3.63, 3.8) is 0 Å². The standard InChI is InChI=1S/C8H12N4/c1-6-10-11-8(12(6)2)7-3-4-9-5-7/h3,9H,4-5H2,1-2H3. The fraction of sp³-hybridized carbons (Fsp3) is 0.500. The Morgan fingerprint density at radius 2 is 2.33 bits per heavy atom. The summed E-state index contributed by atoms with van der Waals surface area (Å²) in [5.74, 6) is 1.94. The van der Waals surface area contributed by atoms with Crippen LogP contribution in [0.2, 0.25) is 0 Å². The van der Waals surface area contributed by atoms with Gasteiger partial charge < -0.3 is 9.88 Å². The van der Waals surface area contributed by atoms with E-state index < -0.39 is 0 Å². The molecule has 1 aliphatic rings. The Labute approximate surface area is 71.3 Å². The Balaban J connectivity index is 2.39. The zero-order valence-electron chi connectivity index (χ0n) is 7.33. The molecule has 0 aromatic carbocycles. The van der Waals surface area contributed by atoms with Crippen LogP contribution in [0, 0.1) is 6.92 Å². The molecule has 12 heavy (non-hydrogen) atoms. The van der Waals surface area contributed by atoms with E-state index >= 15 is 0 Å². The van der Waals surface area contributed by atoms with Crippen LogP contribution in [0.5, 0.6) is 0 Å². The molecular weight excluding hydrogens is 152 g/mol. The predicted molar refractivity (Wildman–Crippen MR) is 46.6 cm³/mol. The molecule has 2 rings (SSSR count). The van der Waals surface area contributed by atoms with Crippen molar-refractivity contribution in [1.82, 2.24) is 20.1 Å². The molecule has 0 saturated carbocycles. The van der Waals surface area contributed by atoms with Crippen LogP contribution < -0.4 is 5.32 Å². The number of hydrogen-bond acceptors (Lipinski definition) is 3. The van der Waals surface area contributed by atoms with Gasteiger partial charge >= 0.3 is 0 Å². The van der Waals surface area contributed by atoms with E-state index in [4.69, 9.17) is 0 Å². The maximum absolute atomic E-state index is 4.10. The molecule has 0 saturated heterocycles. The quantitative estimate of drug-likeness (QED) is 0.640. The third-order valence-corrected chi connectivity index (χ3v) is 2.19. The van der Waals surface area contributed by atoms with Crippen molar-refractivity contribution in [2.75, 3.05) is 13.1 Å². The topological polar surface area (TPSA) is 42.7 Å². The Bertz CT molecular complexity index is 324. The largest absolute Gasteiger partial charge is 0.315 e. The summed E-state index contributed by atoms with van der Waals surface area (Å²) in [7, 11) is 1.99.